The van der Waals surface area contributed by atoms with Crippen LogP contribution < -0.4 is 19.5 Å². The highest BCUT2D eigenvalue weighted by Gasteiger charge is 2.17. The van der Waals surface area contributed by atoms with Gasteiger partial charge in [0, 0.05) is 22.4 Å². The number of methoxy groups -OCH3 is 3. The van der Waals surface area contributed by atoms with Crippen molar-refractivity contribution in [3.63, 3.8) is 0 Å². The topological polar surface area (TPSA) is 39.7 Å². The number of hydrogen-bond donors (Lipinski definition) is 1. The average molecular weight is 552 g/mol. The molecule has 0 saturated heterocycles. The minimum absolute atomic E-state index is 0.00768. The number of ether oxygens (including phenoxy) is 3. The average Bonchev–Trinajstić information content (AvgIpc) is 2.94. The maximum Gasteiger partial charge on any atom is 0.125 e. The normalized spacial score (nSPS) is 11.6. The summed E-state index contributed by atoms with van der Waals surface area (Å²) in [4.78, 5) is 0. The van der Waals surface area contributed by atoms with Gasteiger partial charge in [-0.25, -0.2) is 0 Å². The number of rotatable bonds is 16. The lowest BCUT2D eigenvalue weighted by atomic mass is 9.92. The lowest BCUT2D eigenvalue weighted by Gasteiger charge is -2.19. The Morgan fingerprint density at radius 1 is 0.711 bits per heavy atom. The molecule has 0 aliphatic heterocycles. The van der Waals surface area contributed by atoms with Gasteiger partial charge < -0.3 is 19.5 Å². The summed E-state index contributed by atoms with van der Waals surface area (Å²) in [6, 6.07) is 19.3. The van der Waals surface area contributed by atoms with Crippen molar-refractivity contribution in [1.29, 1.82) is 0 Å². The summed E-state index contributed by atoms with van der Waals surface area (Å²) in [7, 11) is 8.29. The molecule has 4 nitrogen and oxygen atoms in total. The fourth-order valence-electron chi connectivity index (χ4n) is 5.08. The molecule has 0 heterocycles. The van der Waals surface area contributed by atoms with E-state index < -0.39 is 0 Å². The summed E-state index contributed by atoms with van der Waals surface area (Å²) in [5.41, 5.74) is 8.98. The van der Waals surface area contributed by atoms with Crippen LogP contribution in [0.1, 0.15) is 38.9 Å². The molecule has 3 aromatic rings. The van der Waals surface area contributed by atoms with E-state index in [1.165, 1.54) is 51.2 Å². The Hall–Kier alpha value is -2.33. The maximum atomic E-state index is 6.14. The zero-order valence-corrected chi connectivity index (χ0v) is 26.6. The molecule has 0 aromatic heterocycles. The van der Waals surface area contributed by atoms with Gasteiger partial charge in [-0.15, -0.1) is 8.58 Å². The highest BCUT2D eigenvalue weighted by Crippen LogP contribution is 2.35. The third-order valence-electron chi connectivity index (χ3n) is 7.10. The van der Waals surface area contributed by atoms with E-state index in [4.69, 9.17) is 14.2 Å². The number of aryl methyl sites for hydroxylation is 2. The molecule has 0 radical (unpaired) electrons. The Morgan fingerprint density at radius 3 is 1.74 bits per heavy atom. The lowest BCUT2D eigenvalue weighted by Crippen LogP contribution is -2.10. The number of nitrogens with one attached hydrogen (secondary N) is 1. The first-order chi connectivity index (χ1) is 18.6. The molecule has 1 atom stereocenters. The van der Waals surface area contributed by atoms with Gasteiger partial charge in [0.25, 0.3) is 0 Å². The lowest BCUT2D eigenvalue weighted by molar-refractivity contribution is 0.400. The second-order valence-corrected chi connectivity index (χ2v) is 12.8. The summed E-state index contributed by atoms with van der Waals surface area (Å²) in [5, 5.41) is 3.26. The second-order valence-electron chi connectivity index (χ2n) is 9.90. The predicted molar refractivity (Wildman–Crippen MR) is 168 cm³/mol. The van der Waals surface area contributed by atoms with Crippen molar-refractivity contribution >= 4 is 18.1 Å². The molecule has 6 heteroatoms. The van der Waals surface area contributed by atoms with E-state index in [0.717, 1.165) is 64.5 Å². The summed E-state index contributed by atoms with van der Waals surface area (Å²) in [6.45, 7) is 5.61. The van der Waals surface area contributed by atoms with Gasteiger partial charge in [0.2, 0.25) is 0 Å². The Kier molecular flexibility index (Phi) is 12.7. The van der Waals surface area contributed by atoms with Crippen LogP contribution in [0.3, 0.4) is 0 Å². The minimum atomic E-state index is -0.00768. The predicted octanol–water partition coefficient (Wildman–Crippen LogP) is 5.68. The third-order valence-corrected chi connectivity index (χ3v) is 8.92. The molecule has 0 bridgehead atoms. The molecule has 38 heavy (non-hydrogen) atoms. The molecule has 0 fully saturated rings. The summed E-state index contributed by atoms with van der Waals surface area (Å²) in [5.74, 6) is 2.86. The van der Waals surface area contributed by atoms with Gasteiger partial charge in [-0.1, -0.05) is 49.0 Å². The van der Waals surface area contributed by atoms with Crippen molar-refractivity contribution in [2.24, 2.45) is 0 Å². The van der Waals surface area contributed by atoms with E-state index in [1.807, 2.05) is 7.05 Å². The van der Waals surface area contributed by atoms with Crippen molar-refractivity contribution in [2.45, 2.75) is 44.7 Å². The zero-order valence-electron chi connectivity index (χ0n) is 24.2. The van der Waals surface area contributed by atoms with Gasteiger partial charge in [-0.05, 0) is 96.8 Å². The number of likely N-dealkylation sites (N-methyl/N-ethyl adjacent to an activating group) is 1. The van der Waals surface area contributed by atoms with Crippen molar-refractivity contribution in [2.75, 3.05) is 47.7 Å². The van der Waals surface area contributed by atoms with Crippen LogP contribution in [-0.4, -0.2) is 57.3 Å². The monoisotopic (exact) mass is 551 g/mol. The largest absolute Gasteiger partial charge is 0.496 e. The van der Waals surface area contributed by atoms with E-state index in [-0.39, 0.29) is 9.52 Å². The van der Waals surface area contributed by atoms with Crippen LogP contribution in [0.2, 0.25) is 12.6 Å². The van der Waals surface area contributed by atoms with E-state index in [9.17, 15) is 0 Å². The Morgan fingerprint density at radius 2 is 1.26 bits per heavy atom. The molecular formula is C32H46NO3PSi. The van der Waals surface area contributed by atoms with Crippen molar-refractivity contribution in [3.05, 3.63) is 87.5 Å². The first kappa shape index (κ1) is 30.2. The Balaban J connectivity index is 2.05. The van der Waals surface area contributed by atoms with Crippen molar-refractivity contribution < 1.29 is 14.2 Å². The quantitative estimate of drug-likeness (QED) is 0.184. The molecular weight excluding hydrogens is 505 g/mol. The van der Waals surface area contributed by atoms with E-state index >= 15 is 0 Å². The van der Waals surface area contributed by atoms with Crippen LogP contribution in [-0.2, 0) is 32.1 Å². The van der Waals surface area contributed by atoms with Crippen LogP contribution in [0.15, 0.2) is 48.5 Å². The molecule has 0 aliphatic rings. The Labute approximate surface area is 234 Å². The van der Waals surface area contributed by atoms with Crippen molar-refractivity contribution in [1.82, 2.24) is 5.32 Å². The highest BCUT2D eigenvalue weighted by atomic mass is 31.1. The standard InChI is InChI=1S/C32H46NO3PSi/c1-33-14-11-23-7-9-30(34-2)26(17-23)21-28-19-25(13-16-38-6)20-29(32(28)36-4)22-27-18-24(12-15-37-5)8-10-31(27)35-3/h7-10,17-20,33,37H,11-16,21-22,38H2,1-6H3. The SMILES string of the molecule is CNCCc1ccc(OC)c(Cc2cc(CC[SiH2]C)cc(Cc3cc(CCPC)ccc3OC)c2OC)c1. The third kappa shape index (κ3) is 8.33. The van der Waals surface area contributed by atoms with Crippen LogP contribution in [0.4, 0.5) is 0 Å². The van der Waals surface area contributed by atoms with Crippen molar-refractivity contribution in [3.8, 4) is 17.2 Å². The molecule has 3 aromatic carbocycles. The van der Waals surface area contributed by atoms with Crippen LogP contribution in [0.5, 0.6) is 17.2 Å². The highest BCUT2D eigenvalue weighted by molar-refractivity contribution is 7.36. The first-order valence-electron chi connectivity index (χ1n) is 13.9. The van der Waals surface area contributed by atoms with Crippen LogP contribution in [0.25, 0.3) is 0 Å². The summed E-state index contributed by atoms with van der Waals surface area (Å²) in [6.07, 6.45) is 6.02. The van der Waals surface area contributed by atoms with Gasteiger partial charge in [-0.2, -0.15) is 0 Å². The van der Waals surface area contributed by atoms with Gasteiger partial charge in [-0.3, -0.25) is 0 Å². The molecule has 0 spiro atoms. The second kappa shape index (κ2) is 15.9. The van der Waals surface area contributed by atoms with Gasteiger partial charge in [0.05, 0.1) is 21.3 Å². The number of benzene rings is 3. The molecule has 1 N–H and O–H groups in total. The van der Waals surface area contributed by atoms with Crippen LogP contribution >= 0.6 is 8.58 Å². The molecule has 206 valence electrons. The Bertz CT molecular complexity index is 1080. The summed E-state index contributed by atoms with van der Waals surface area (Å²) < 4.78 is 17.7. The molecule has 0 saturated carbocycles. The molecule has 0 aliphatic carbocycles. The van der Waals surface area contributed by atoms with E-state index in [0.29, 0.717) is 0 Å². The molecule has 1 unspecified atom stereocenters. The maximum absolute atomic E-state index is 6.14. The minimum Gasteiger partial charge on any atom is -0.496 e. The van der Waals surface area contributed by atoms with E-state index in [2.05, 4.69) is 67.1 Å². The van der Waals surface area contributed by atoms with Gasteiger partial charge in [0.1, 0.15) is 17.2 Å². The van der Waals surface area contributed by atoms with Crippen LogP contribution in [0, 0.1) is 0 Å². The first-order valence-corrected chi connectivity index (χ1v) is 18.0. The fourth-order valence-corrected chi connectivity index (χ4v) is 6.38. The molecule has 0 amide bonds. The smallest absolute Gasteiger partial charge is 0.125 e. The number of hydrogen-bond acceptors (Lipinski definition) is 4. The van der Waals surface area contributed by atoms with Gasteiger partial charge in [0.15, 0.2) is 0 Å². The van der Waals surface area contributed by atoms with E-state index in [1.54, 1.807) is 21.3 Å². The zero-order chi connectivity index (χ0) is 27.3. The molecule has 3 rings (SSSR count). The summed E-state index contributed by atoms with van der Waals surface area (Å²) >= 11 is 0. The van der Waals surface area contributed by atoms with Gasteiger partial charge >= 0.3 is 0 Å². The fraction of sp³-hybridized carbons (Fsp3) is 0.438.